The van der Waals surface area contributed by atoms with Gasteiger partial charge in [-0.15, -0.1) is 0 Å². The van der Waals surface area contributed by atoms with Crippen LogP contribution in [0.1, 0.15) is 49.4 Å². The van der Waals surface area contributed by atoms with E-state index in [0.29, 0.717) is 31.7 Å². The fourth-order valence-corrected chi connectivity index (χ4v) is 4.27. The predicted molar refractivity (Wildman–Crippen MR) is 124 cm³/mol. The molecule has 0 saturated heterocycles. The molecule has 1 aliphatic rings. The number of aliphatic hydroxyl groups excluding tert-OH is 2. The number of hydrogen-bond acceptors (Lipinski definition) is 4. The molecule has 0 unspecified atom stereocenters. The summed E-state index contributed by atoms with van der Waals surface area (Å²) in [4.78, 5) is 13.3. The number of aliphatic hydroxyl groups is 2. The number of amides is 1. The molecule has 0 bridgehead atoms. The summed E-state index contributed by atoms with van der Waals surface area (Å²) >= 11 is 0. The lowest BCUT2D eigenvalue weighted by Gasteiger charge is -2.24. The fraction of sp³-hybridized carbons (Fsp3) is 0.500. The first-order valence-corrected chi connectivity index (χ1v) is 11.4. The van der Waals surface area contributed by atoms with Crippen LogP contribution in [0.2, 0.25) is 0 Å². The molecular formula is C26H36N2O3. The number of fused-ring (bicyclic) bond motifs is 1. The third kappa shape index (κ3) is 6.89. The quantitative estimate of drug-likeness (QED) is 0.418. The van der Waals surface area contributed by atoms with E-state index in [-0.39, 0.29) is 11.8 Å². The smallest absolute Gasteiger partial charge is 0.224 e. The molecule has 4 N–H and O–H groups in total. The standard InChI is InChI=1S/C26H36N2O3/c1-18(2)12-13-27-17-22(29)15-21(14-19-8-4-3-5-9-19)26(31)28-25-23-11-7-6-10-20(23)16-24(25)30/h3-11,18,21-22,24-25,27,29-30H,12-17H2,1-2H3,(H,28,31)/t21-,22+,24-,25+/m1/s1. The number of rotatable bonds is 11. The van der Waals surface area contributed by atoms with Gasteiger partial charge >= 0.3 is 0 Å². The maximum atomic E-state index is 13.3. The third-order valence-electron chi connectivity index (χ3n) is 6.03. The Kier molecular flexibility index (Phi) is 8.64. The van der Waals surface area contributed by atoms with Crippen LogP contribution in [0.5, 0.6) is 0 Å². The van der Waals surface area contributed by atoms with Gasteiger partial charge < -0.3 is 20.8 Å². The molecule has 31 heavy (non-hydrogen) atoms. The summed E-state index contributed by atoms with van der Waals surface area (Å²) in [6, 6.07) is 17.4. The van der Waals surface area contributed by atoms with Crippen LogP contribution in [0.4, 0.5) is 0 Å². The van der Waals surface area contributed by atoms with Crippen molar-refractivity contribution < 1.29 is 15.0 Å². The van der Waals surface area contributed by atoms with Crippen molar-refractivity contribution in [1.82, 2.24) is 10.6 Å². The summed E-state index contributed by atoms with van der Waals surface area (Å²) in [6.07, 6.45) is 1.31. The van der Waals surface area contributed by atoms with Gasteiger partial charge in [0.2, 0.25) is 5.91 Å². The van der Waals surface area contributed by atoms with Crippen LogP contribution in [0.25, 0.3) is 0 Å². The molecular weight excluding hydrogens is 388 g/mol. The van der Waals surface area contributed by atoms with Gasteiger partial charge in [-0.05, 0) is 48.4 Å². The Morgan fingerprint density at radius 3 is 2.55 bits per heavy atom. The van der Waals surface area contributed by atoms with Crippen LogP contribution in [-0.4, -0.2) is 41.4 Å². The van der Waals surface area contributed by atoms with E-state index in [1.165, 1.54) is 0 Å². The van der Waals surface area contributed by atoms with Gasteiger partial charge in [-0.25, -0.2) is 0 Å². The van der Waals surface area contributed by atoms with E-state index in [1.807, 2.05) is 54.6 Å². The van der Waals surface area contributed by atoms with Crippen LogP contribution >= 0.6 is 0 Å². The summed E-state index contributed by atoms with van der Waals surface area (Å²) in [5.74, 6) is 0.122. The Bertz CT molecular complexity index is 824. The highest BCUT2D eigenvalue weighted by atomic mass is 16.3. The maximum Gasteiger partial charge on any atom is 0.224 e. The molecule has 2 aromatic rings. The molecule has 0 radical (unpaired) electrons. The molecule has 1 aliphatic carbocycles. The topological polar surface area (TPSA) is 81.6 Å². The van der Waals surface area contributed by atoms with E-state index in [1.54, 1.807) is 0 Å². The summed E-state index contributed by atoms with van der Waals surface area (Å²) < 4.78 is 0. The van der Waals surface area contributed by atoms with Gasteiger partial charge in [0.1, 0.15) is 0 Å². The van der Waals surface area contributed by atoms with Crippen molar-refractivity contribution in [2.45, 2.75) is 57.8 Å². The molecule has 1 amide bonds. The molecule has 0 aromatic heterocycles. The van der Waals surface area contributed by atoms with E-state index < -0.39 is 18.2 Å². The van der Waals surface area contributed by atoms with Crippen LogP contribution in [-0.2, 0) is 17.6 Å². The molecule has 168 valence electrons. The van der Waals surface area contributed by atoms with Crippen molar-refractivity contribution in [2.24, 2.45) is 11.8 Å². The average molecular weight is 425 g/mol. The molecule has 0 saturated carbocycles. The van der Waals surface area contributed by atoms with Crippen LogP contribution in [0.3, 0.4) is 0 Å². The second kappa shape index (κ2) is 11.4. The van der Waals surface area contributed by atoms with Gasteiger partial charge in [0, 0.05) is 18.9 Å². The number of carbonyl (C=O) groups is 1. The lowest BCUT2D eigenvalue weighted by atomic mass is 9.92. The highest BCUT2D eigenvalue weighted by Crippen LogP contribution is 2.31. The Balaban J connectivity index is 1.65. The zero-order valence-corrected chi connectivity index (χ0v) is 18.6. The van der Waals surface area contributed by atoms with Crippen molar-refractivity contribution in [2.75, 3.05) is 13.1 Å². The van der Waals surface area contributed by atoms with E-state index >= 15 is 0 Å². The average Bonchev–Trinajstić information content (AvgIpc) is 3.06. The molecule has 0 fully saturated rings. The van der Waals surface area contributed by atoms with E-state index in [0.717, 1.165) is 29.7 Å². The van der Waals surface area contributed by atoms with Crippen molar-refractivity contribution in [3.05, 3.63) is 71.3 Å². The molecule has 0 spiro atoms. The van der Waals surface area contributed by atoms with E-state index in [2.05, 4.69) is 24.5 Å². The minimum atomic E-state index is -0.624. The zero-order chi connectivity index (χ0) is 22.2. The Morgan fingerprint density at radius 1 is 1.10 bits per heavy atom. The van der Waals surface area contributed by atoms with Gasteiger partial charge in [-0.1, -0.05) is 68.4 Å². The Hall–Kier alpha value is -2.21. The first-order chi connectivity index (χ1) is 14.9. The van der Waals surface area contributed by atoms with Gasteiger partial charge in [-0.3, -0.25) is 4.79 Å². The van der Waals surface area contributed by atoms with Crippen LogP contribution < -0.4 is 10.6 Å². The third-order valence-corrected chi connectivity index (χ3v) is 6.03. The molecule has 3 rings (SSSR count). The maximum absolute atomic E-state index is 13.3. The summed E-state index contributed by atoms with van der Waals surface area (Å²) in [5, 5.41) is 27.5. The normalized spacial score (nSPS) is 19.8. The van der Waals surface area contributed by atoms with Crippen molar-refractivity contribution in [3.8, 4) is 0 Å². The highest BCUT2D eigenvalue weighted by Gasteiger charge is 2.34. The van der Waals surface area contributed by atoms with Gasteiger partial charge in [0.15, 0.2) is 0 Å². The molecule has 5 nitrogen and oxygen atoms in total. The molecule has 5 heteroatoms. The molecule has 4 atom stereocenters. The van der Waals surface area contributed by atoms with E-state index in [9.17, 15) is 15.0 Å². The number of benzene rings is 2. The fourth-order valence-electron chi connectivity index (χ4n) is 4.27. The van der Waals surface area contributed by atoms with Crippen molar-refractivity contribution >= 4 is 5.91 Å². The summed E-state index contributed by atoms with van der Waals surface area (Å²) in [7, 11) is 0. The predicted octanol–water partition coefficient (Wildman–Crippen LogP) is 3.01. The monoisotopic (exact) mass is 424 g/mol. The first-order valence-electron chi connectivity index (χ1n) is 11.4. The second-order valence-corrected chi connectivity index (χ2v) is 9.12. The minimum Gasteiger partial charge on any atom is -0.392 e. The summed E-state index contributed by atoms with van der Waals surface area (Å²) in [5.41, 5.74) is 3.13. The molecule has 0 aliphatic heterocycles. The summed E-state index contributed by atoms with van der Waals surface area (Å²) in [6.45, 7) is 5.68. The Morgan fingerprint density at radius 2 is 1.81 bits per heavy atom. The van der Waals surface area contributed by atoms with Crippen LogP contribution in [0.15, 0.2) is 54.6 Å². The molecule has 0 heterocycles. The minimum absolute atomic E-state index is 0.120. The number of carbonyl (C=O) groups excluding carboxylic acids is 1. The van der Waals surface area contributed by atoms with Crippen LogP contribution in [0, 0.1) is 11.8 Å². The largest absolute Gasteiger partial charge is 0.392 e. The van der Waals surface area contributed by atoms with E-state index in [4.69, 9.17) is 0 Å². The lowest BCUT2D eigenvalue weighted by molar-refractivity contribution is -0.127. The van der Waals surface area contributed by atoms with Gasteiger partial charge in [0.05, 0.1) is 18.2 Å². The SMILES string of the molecule is CC(C)CCNC[C@@H](O)C[C@@H](Cc1ccccc1)C(=O)N[C@H]1c2ccccc2C[C@H]1O. The zero-order valence-electron chi connectivity index (χ0n) is 18.6. The van der Waals surface area contributed by atoms with Gasteiger partial charge in [0.25, 0.3) is 0 Å². The number of hydrogen-bond donors (Lipinski definition) is 4. The first kappa shape index (κ1) is 23.5. The van der Waals surface area contributed by atoms with Gasteiger partial charge in [-0.2, -0.15) is 0 Å². The number of nitrogens with one attached hydrogen (secondary N) is 2. The second-order valence-electron chi connectivity index (χ2n) is 9.12. The Labute approximate surface area is 185 Å². The van der Waals surface area contributed by atoms with Crippen molar-refractivity contribution in [1.29, 1.82) is 0 Å². The highest BCUT2D eigenvalue weighted by molar-refractivity contribution is 5.79. The lowest BCUT2D eigenvalue weighted by Crippen LogP contribution is -2.40. The van der Waals surface area contributed by atoms with Crippen molar-refractivity contribution in [3.63, 3.8) is 0 Å². The molecule has 2 aromatic carbocycles.